The van der Waals surface area contributed by atoms with Crippen LogP contribution in [0.4, 0.5) is 13.2 Å². The molecule has 2 nitrogen and oxygen atoms in total. The van der Waals surface area contributed by atoms with Crippen molar-refractivity contribution >= 4 is 21.8 Å². The summed E-state index contributed by atoms with van der Waals surface area (Å²) >= 11 is 3.53. The Labute approximate surface area is 124 Å². The lowest BCUT2D eigenvalue weighted by Crippen LogP contribution is -2.44. The Hall–Kier alpha value is -1.04. The number of carbonyl (C=O) groups is 1. The van der Waals surface area contributed by atoms with Gasteiger partial charge in [0.25, 0.3) is 5.91 Å². The lowest BCUT2D eigenvalue weighted by molar-refractivity contribution is 0.0703. The van der Waals surface area contributed by atoms with Crippen molar-refractivity contribution < 1.29 is 18.0 Å². The fourth-order valence-electron chi connectivity index (χ4n) is 2.54. The molecule has 1 aromatic rings. The number of nitrogens with zero attached hydrogens (tertiary/aromatic N) is 1. The van der Waals surface area contributed by atoms with Crippen LogP contribution in [-0.4, -0.2) is 28.7 Å². The second kappa shape index (κ2) is 6.16. The van der Waals surface area contributed by atoms with Gasteiger partial charge in [-0.15, -0.1) is 0 Å². The van der Waals surface area contributed by atoms with E-state index in [4.69, 9.17) is 0 Å². The molecule has 20 heavy (non-hydrogen) atoms. The van der Waals surface area contributed by atoms with Gasteiger partial charge in [0.15, 0.2) is 17.5 Å². The number of rotatable bonds is 2. The molecule has 110 valence electrons. The Bertz CT molecular complexity index is 500. The molecule has 0 spiro atoms. The van der Waals surface area contributed by atoms with E-state index < -0.39 is 23.4 Å². The number of amides is 1. The molecule has 1 aliphatic carbocycles. The summed E-state index contributed by atoms with van der Waals surface area (Å²) in [6, 6.07) is 1.46. The average molecular weight is 350 g/mol. The number of hydrogen-bond donors (Lipinski definition) is 0. The minimum absolute atomic E-state index is 0.0209. The molecule has 1 amide bonds. The van der Waals surface area contributed by atoms with Gasteiger partial charge >= 0.3 is 0 Å². The third kappa shape index (κ3) is 3.00. The summed E-state index contributed by atoms with van der Waals surface area (Å²) in [4.78, 5) is 13.9. The Kier molecular flexibility index (Phi) is 4.73. The van der Waals surface area contributed by atoms with E-state index in [-0.39, 0.29) is 16.4 Å². The summed E-state index contributed by atoms with van der Waals surface area (Å²) in [7, 11) is 1.60. The molecule has 0 aliphatic heterocycles. The molecule has 0 N–H and O–H groups in total. The van der Waals surface area contributed by atoms with Crippen molar-refractivity contribution in [2.24, 2.45) is 0 Å². The van der Waals surface area contributed by atoms with Crippen molar-refractivity contribution in [1.82, 2.24) is 4.90 Å². The van der Waals surface area contributed by atoms with Crippen molar-refractivity contribution in [3.05, 3.63) is 35.1 Å². The van der Waals surface area contributed by atoms with Crippen molar-refractivity contribution in [3.63, 3.8) is 0 Å². The molecule has 1 fully saturated rings. The van der Waals surface area contributed by atoms with Gasteiger partial charge in [0.1, 0.15) is 0 Å². The number of benzene rings is 1. The lowest BCUT2D eigenvalue weighted by Gasteiger charge is -2.35. The van der Waals surface area contributed by atoms with Crippen LogP contribution in [0, 0.1) is 17.5 Å². The van der Waals surface area contributed by atoms with Gasteiger partial charge in [-0.3, -0.25) is 4.79 Å². The Morgan fingerprint density at radius 1 is 1.20 bits per heavy atom. The highest BCUT2D eigenvalue weighted by Crippen LogP contribution is 2.29. The second-order valence-electron chi connectivity index (χ2n) is 5.04. The number of alkyl halides is 1. The van der Waals surface area contributed by atoms with E-state index in [9.17, 15) is 18.0 Å². The highest BCUT2D eigenvalue weighted by molar-refractivity contribution is 9.09. The van der Waals surface area contributed by atoms with E-state index in [1.54, 1.807) is 7.05 Å². The molecular weight excluding hydrogens is 335 g/mol. The average Bonchev–Trinajstić information content (AvgIpc) is 2.43. The molecule has 1 aliphatic rings. The van der Waals surface area contributed by atoms with Crippen LogP contribution in [0.1, 0.15) is 36.0 Å². The van der Waals surface area contributed by atoms with Crippen LogP contribution in [0.25, 0.3) is 0 Å². The van der Waals surface area contributed by atoms with Crippen LogP contribution in [-0.2, 0) is 0 Å². The van der Waals surface area contributed by atoms with Gasteiger partial charge in [-0.05, 0) is 25.0 Å². The van der Waals surface area contributed by atoms with Gasteiger partial charge in [0.05, 0.1) is 0 Å². The summed E-state index contributed by atoms with van der Waals surface area (Å²) in [5, 5.41) is 0. The van der Waals surface area contributed by atoms with Crippen LogP contribution in [0.2, 0.25) is 0 Å². The first-order valence-electron chi connectivity index (χ1n) is 6.47. The first-order valence-corrected chi connectivity index (χ1v) is 7.39. The highest BCUT2D eigenvalue weighted by atomic mass is 79.9. The van der Waals surface area contributed by atoms with E-state index in [0.29, 0.717) is 0 Å². The standard InChI is InChI=1S/C14H15BrF3NO/c1-19(12-5-3-2-4-9(12)15)14(20)8-6-10(16)13(18)11(17)7-8/h6-7,9,12H,2-5H2,1H3. The quantitative estimate of drug-likeness (QED) is 0.586. The first-order chi connectivity index (χ1) is 9.41. The van der Waals surface area contributed by atoms with Gasteiger partial charge in [0.2, 0.25) is 0 Å². The van der Waals surface area contributed by atoms with Gasteiger partial charge in [-0.1, -0.05) is 28.8 Å². The second-order valence-corrected chi connectivity index (χ2v) is 6.21. The maximum absolute atomic E-state index is 13.2. The molecule has 6 heteroatoms. The van der Waals surface area contributed by atoms with Crippen LogP contribution >= 0.6 is 15.9 Å². The van der Waals surface area contributed by atoms with Crippen LogP contribution < -0.4 is 0 Å². The Morgan fingerprint density at radius 3 is 2.30 bits per heavy atom. The fraction of sp³-hybridized carbons (Fsp3) is 0.500. The topological polar surface area (TPSA) is 20.3 Å². The maximum Gasteiger partial charge on any atom is 0.254 e. The molecule has 0 bridgehead atoms. The molecule has 0 saturated heterocycles. The third-order valence-corrected chi connectivity index (χ3v) is 4.76. The monoisotopic (exact) mass is 349 g/mol. The van der Waals surface area contributed by atoms with E-state index >= 15 is 0 Å². The number of carbonyl (C=O) groups excluding carboxylic acids is 1. The minimum Gasteiger partial charge on any atom is -0.338 e. The Balaban J connectivity index is 2.22. The Morgan fingerprint density at radius 2 is 1.75 bits per heavy atom. The zero-order valence-corrected chi connectivity index (χ0v) is 12.6. The number of halogens is 4. The summed E-state index contributed by atoms with van der Waals surface area (Å²) < 4.78 is 39.3. The smallest absolute Gasteiger partial charge is 0.254 e. The van der Waals surface area contributed by atoms with E-state index in [1.165, 1.54) is 4.90 Å². The molecule has 1 saturated carbocycles. The zero-order chi connectivity index (χ0) is 14.9. The molecule has 0 radical (unpaired) electrons. The first kappa shape index (κ1) is 15.4. The minimum atomic E-state index is -1.56. The SMILES string of the molecule is CN(C(=O)c1cc(F)c(F)c(F)c1)C1CCCCC1Br. The molecule has 0 aromatic heterocycles. The van der Waals surface area contributed by atoms with Crippen LogP contribution in [0.5, 0.6) is 0 Å². The van der Waals surface area contributed by atoms with Crippen molar-refractivity contribution in [2.45, 2.75) is 36.6 Å². The van der Waals surface area contributed by atoms with Crippen molar-refractivity contribution in [1.29, 1.82) is 0 Å². The zero-order valence-electron chi connectivity index (χ0n) is 11.0. The summed E-state index contributed by atoms with van der Waals surface area (Å²) in [5.74, 6) is -4.75. The fourth-order valence-corrected chi connectivity index (χ4v) is 3.48. The van der Waals surface area contributed by atoms with E-state index in [0.717, 1.165) is 37.8 Å². The molecule has 2 rings (SSSR count). The van der Waals surface area contributed by atoms with Crippen molar-refractivity contribution in [3.8, 4) is 0 Å². The molecular formula is C14H15BrF3NO. The highest BCUT2D eigenvalue weighted by Gasteiger charge is 2.30. The maximum atomic E-state index is 13.2. The third-order valence-electron chi connectivity index (χ3n) is 3.70. The summed E-state index contributed by atoms with van der Waals surface area (Å²) in [6.07, 6.45) is 3.89. The van der Waals surface area contributed by atoms with Crippen molar-refractivity contribution in [2.75, 3.05) is 7.05 Å². The van der Waals surface area contributed by atoms with E-state index in [2.05, 4.69) is 15.9 Å². The normalized spacial score (nSPS) is 22.6. The lowest BCUT2D eigenvalue weighted by atomic mass is 9.94. The van der Waals surface area contributed by atoms with Gasteiger partial charge in [0, 0.05) is 23.5 Å². The van der Waals surface area contributed by atoms with Gasteiger partial charge < -0.3 is 4.90 Å². The predicted octanol–water partition coefficient (Wildman–Crippen LogP) is 3.88. The molecule has 0 heterocycles. The summed E-state index contributed by atoms with van der Waals surface area (Å²) in [5.41, 5.74) is -0.172. The van der Waals surface area contributed by atoms with Gasteiger partial charge in [-0.2, -0.15) is 0 Å². The summed E-state index contributed by atoms with van der Waals surface area (Å²) in [6.45, 7) is 0. The van der Waals surface area contributed by atoms with Crippen LogP contribution in [0.15, 0.2) is 12.1 Å². The number of hydrogen-bond acceptors (Lipinski definition) is 1. The largest absolute Gasteiger partial charge is 0.338 e. The van der Waals surface area contributed by atoms with E-state index in [1.807, 2.05) is 0 Å². The van der Waals surface area contributed by atoms with Gasteiger partial charge in [-0.25, -0.2) is 13.2 Å². The molecule has 1 aromatic carbocycles. The predicted molar refractivity (Wildman–Crippen MR) is 73.4 cm³/mol. The molecule has 2 unspecified atom stereocenters. The van der Waals surface area contributed by atoms with Crippen LogP contribution in [0.3, 0.4) is 0 Å². The molecule has 2 atom stereocenters.